The number of hydrogen-bond acceptors (Lipinski definition) is 2. The summed E-state index contributed by atoms with van der Waals surface area (Å²) < 4.78 is 0. The van der Waals surface area contributed by atoms with Gasteiger partial charge in [0.25, 0.3) is 0 Å². The molecule has 3 nitrogen and oxygen atoms in total. The summed E-state index contributed by atoms with van der Waals surface area (Å²) in [5.41, 5.74) is -0.372. The number of aliphatic hydroxyl groups excluding tert-OH is 1. The highest BCUT2D eigenvalue weighted by molar-refractivity contribution is 5.79. The van der Waals surface area contributed by atoms with Crippen LogP contribution in [0.1, 0.15) is 26.7 Å². The highest BCUT2D eigenvalue weighted by Crippen LogP contribution is 2.06. The van der Waals surface area contributed by atoms with E-state index in [9.17, 15) is 4.79 Å². The minimum Gasteiger partial charge on any atom is -0.396 e. The summed E-state index contributed by atoms with van der Waals surface area (Å²) in [6.45, 7) is 3.75. The molecule has 0 saturated carbocycles. The third kappa shape index (κ3) is 4.75. The molecule has 0 spiro atoms. The third-order valence-electron chi connectivity index (χ3n) is 1.48. The molecule has 1 amide bonds. The van der Waals surface area contributed by atoms with Gasteiger partial charge < -0.3 is 10.4 Å². The van der Waals surface area contributed by atoms with Crippen molar-refractivity contribution in [3.05, 3.63) is 0 Å². The molecule has 68 valence electrons. The Bertz CT molecular complexity index is 191. The lowest BCUT2D eigenvalue weighted by atomic mass is 10.0. The lowest BCUT2D eigenvalue weighted by molar-refractivity contribution is -0.121. The monoisotopic (exact) mass is 169 g/mol. The Morgan fingerprint density at radius 2 is 2.25 bits per heavy atom. The topological polar surface area (TPSA) is 49.3 Å². The maximum Gasteiger partial charge on any atom is 0.232 e. The first-order valence-electron chi connectivity index (χ1n) is 3.87. The van der Waals surface area contributed by atoms with E-state index >= 15 is 0 Å². The van der Waals surface area contributed by atoms with Gasteiger partial charge in [0.1, 0.15) is 0 Å². The molecule has 2 N–H and O–H groups in total. The molecule has 0 rings (SSSR count). The van der Waals surface area contributed by atoms with E-state index in [1.165, 1.54) is 0 Å². The fraction of sp³-hybridized carbons (Fsp3) is 0.667. The van der Waals surface area contributed by atoms with E-state index in [0.29, 0.717) is 6.42 Å². The minimum absolute atomic E-state index is 0.0589. The van der Waals surface area contributed by atoms with Crippen LogP contribution in [0.5, 0.6) is 0 Å². The van der Waals surface area contributed by atoms with Crippen molar-refractivity contribution in [2.75, 3.05) is 6.61 Å². The molecule has 0 aromatic rings. The minimum atomic E-state index is -0.372. The van der Waals surface area contributed by atoms with Gasteiger partial charge in [-0.1, -0.05) is 5.92 Å². The predicted molar refractivity (Wildman–Crippen MR) is 47.4 cm³/mol. The Morgan fingerprint density at radius 3 is 2.67 bits per heavy atom. The summed E-state index contributed by atoms with van der Waals surface area (Å²) >= 11 is 0. The van der Waals surface area contributed by atoms with Gasteiger partial charge >= 0.3 is 0 Å². The smallest absolute Gasteiger partial charge is 0.232 e. The van der Waals surface area contributed by atoms with Crippen molar-refractivity contribution < 1.29 is 9.90 Å². The van der Waals surface area contributed by atoms with Crippen molar-refractivity contribution in [3.63, 3.8) is 0 Å². The van der Waals surface area contributed by atoms with Crippen LogP contribution in [0, 0.1) is 12.3 Å². The van der Waals surface area contributed by atoms with Gasteiger partial charge in [-0.05, 0) is 20.3 Å². The average molecular weight is 169 g/mol. The van der Waals surface area contributed by atoms with Crippen LogP contribution < -0.4 is 5.32 Å². The van der Waals surface area contributed by atoms with Gasteiger partial charge in [0.05, 0.1) is 6.42 Å². The van der Waals surface area contributed by atoms with E-state index in [4.69, 9.17) is 11.5 Å². The summed E-state index contributed by atoms with van der Waals surface area (Å²) in [7, 11) is 0. The van der Waals surface area contributed by atoms with E-state index in [0.717, 1.165) is 0 Å². The Hall–Kier alpha value is -1.01. The number of amides is 1. The van der Waals surface area contributed by atoms with E-state index in [-0.39, 0.29) is 24.5 Å². The Kier molecular flexibility index (Phi) is 4.38. The maximum absolute atomic E-state index is 11.0. The third-order valence-corrected chi connectivity index (χ3v) is 1.48. The average Bonchev–Trinajstić information content (AvgIpc) is 1.85. The van der Waals surface area contributed by atoms with Crippen molar-refractivity contribution in [2.45, 2.75) is 32.2 Å². The summed E-state index contributed by atoms with van der Waals surface area (Å²) in [6, 6.07) is 0. The van der Waals surface area contributed by atoms with Crippen LogP contribution >= 0.6 is 0 Å². The quantitative estimate of drug-likeness (QED) is 0.594. The van der Waals surface area contributed by atoms with Gasteiger partial charge in [-0.25, -0.2) is 0 Å². The van der Waals surface area contributed by atoms with Crippen LogP contribution in [-0.4, -0.2) is 23.2 Å². The number of carbonyl (C=O) groups excluding carboxylic acids is 1. The fourth-order valence-electron chi connectivity index (χ4n) is 0.856. The summed E-state index contributed by atoms with van der Waals surface area (Å²) in [4.78, 5) is 11.0. The molecule has 0 bridgehead atoms. The SMILES string of the molecule is C#CCC(=O)NC(C)(C)CCO. The number of carbonyl (C=O) groups is 1. The first-order valence-corrected chi connectivity index (χ1v) is 3.87. The van der Waals surface area contributed by atoms with Crippen LogP contribution in [-0.2, 0) is 4.79 Å². The van der Waals surface area contributed by atoms with Gasteiger partial charge in [0, 0.05) is 12.1 Å². The van der Waals surface area contributed by atoms with Gasteiger partial charge in [0.2, 0.25) is 5.91 Å². The van der Waals surface area contributed by atoms with Crippen molar-refractivity contribution in [2.24, 2.45) is 0 Å². The summed E-state index contributed by atoms with van der Waals surface area (Å²) in [6.07, 6.45) is 5.59. The summed E-state index contributed by atoms with van der Waals surface area (Å²) in [5.74, 6) is 2.09. The zero-order valence-electron chi connectivity index (χ0n) is 7.55. The van der Waals surface area contributed by atoms with Crippen molar-refractivity contribution >= 4 is 5.91 Å². The standard InChI is InChI=1S/C9H15NO2/c1-4-5-8(12)10-9(2,3)6-7-11/h1,11H,5-7H2,2-3H3,(H,10,12). The first kappa shape index (κ1) is 11.0. The Balaban J connectivity index is 3.89. The highest BCUT2D eigenvalue weighted by atomic mass is 16.3. The number of nitrogens with one attached hydrogen (secondary N) is 1. The zero-order chi connectivity index (χ0) is 9.61. The molecule has 0 aliphatic rings. The van der Waals surface area contributed by atoms with Crippen molar-refractivity contribution in [1.82, 2.24) is 5.32 Å². The van der Waals surface area contributed by atoms with Crippen LogP contribution in [0.15, 0.2) is 0 Å². The van der Waals surface area contributed by atoms with Gasteiger partial charge in [-0.3, -0.25) is 4.79 Å². The summed E-state index contributed by atoms with van der Waals surface area (Å²) in [5, 5.41) is 11.4. The molecule has 0 aromatic carbocycles. The Morgan fingerprint density at radius 1 is 1.67 bits per heavy atom. The molecular weight excluding hydrogens is 154 g/mol. The molecule has 0 saturated heterocycles. The van der Waals surface area contributed by atoms with Gasteiger partial charge in [-0.2, -0.15) is 0 Å². The van der Waals surface area contributed by atoms with E-state index in [1.807, 2.05) is 13.8 Å². The van der Waals surface area contributed by atoms with Crippen LogP contribution in [0.4, 0.5) is 0 Å². The van der Waals surface area contributed by atoms with Crippen LogP contribution in [0.3, 0.4) is 0 Å². The molecule has 0 fully saturated rings. The highest BCUT2D eigenvalue weighted by Gasteiger charge is 2.18. The molecule has 0 aromatic heterocycles. The second kappa shape index (κ2) is 4.78. The lowest BCUT2D eigenvalue weighted by Gasteiger charge is -2.24. The molecule has 0 heterocycles. The van der Waals surface area contributed by atoms with Gasteiger partial charge in [-0.15, -0.1) is 6.42 Å². The molecule has 0 unspecified atom stereocenters. The molecule has 0 aliphatic carbocycles. The Labute approximate surface area is 73.2 Å². The lowest BCUT2D eigenvalue weighted by Crippen LogP contribution is -2.43. The number of terminal acetylenes is 1. The number of hydrogen-bond donors (Lipinski definition) is 2. The zero-order valence-corrected chi connectivity index (χ0v) is 7.55. The maximum atomic E-state index is 11.0. The van der Waals surface area contributed by atoms with Crippen LogP contribution in [0.25, 0.3) is 0 Å². The van der Waals surface area contributed by atoms with Gasteiger partial charge in [0.15, 0.2) is 0 Å². The fourth-order valence-corrected chi connectivity index (χ4v) is 0.856. The number of rotatable bonds is 4. The van der Waals surface area contributed by atoms with Crippen molar-refractivity contribution in [3.8, 4) is 12.3 Å². The molecule has 0 atom stereocenters. The molecule has 0 radical (unpaired) electrons. The molecular formula is C9H15NO2. The number of aliphatic hydroxyl groups is 1. The molecule has 0 aliphatic heterocycles. The second-order valence-corrected chi connectivity index (χ2v) is 3.29. The first-order chi connectivity index (χ1) is 5.52. The predicted octanol–water partition coefficient (Wildman–Crippen LogP) is 0.287. The normalized spacial score (nSPS) is 10.5. The molecule has 3 heteroatoms. The second-order valence-electron chi connectivity index (χ2n) is 3.29. The van der Waals surface area contributed by atoms with E-state index in [1.54, 1.807) is 0 Å². The molecule has 12 heavy (non-hydrogen) atoms. The largest absolute Gasteiger partial charge is 0.396 e. The van der Waals surface area contributed by atoms with Crippen LogP contribution in [0.2, 0.25) is 0 Å². The van der Waals surface area contributed by atoms with E-state index in [2.05, 4.69) is 11.2 Å². The van der Waals surface area contributed by atoms with E-state index < -0.39 is 0 Å². The van der Waals surface area contributed by atoms with Crippen molar-refractivity contribution in [1.29, 1.82) is 0 Å².